The van der Waals surface area contributed by atoms with Crippen LogP contribution >= 0.6 is 23.2 Å². The first-order chi connectivity index (χ1) is 13.7. The molecule has 0 aliphatic rings. The van der Waals surface area contributed by atoms with Gasteiger partial charge in [0, 0.05) is 28.0 Å². The molecule has 29 heavy (non-hydrogen) atoms. The van der Waals surface area contributed by atoms with Crippen LogP contribution < -0.4 is 5.32 Å². The van der Waals surface area contributed by atoms with Gasteiger partial charge in [-0.1, -0.05) is 41.4 Å². The van der Waals surface area contributed by atoms with Gasteiger partial charge in [-0.3, -0.25) is 9.59 Å². The zero-order valence-electron chi connectivity index (χ0n) is 15.1. The molecule has 3 rings (SSSR count). The van der Waals surface area contributed by atoms with Crippen molar-refractivity contribution in [3.8, 4) is 0 Å². The van der Waals surface area contributed by atoms with E-state index in [0.29, 0.717) is 5.02 Å². The Bertz CT molecular complexity index is 1220. The van der Waals surface area contributed by atoms with Crippen LogP contribution in [0.5, 0.6) is 0 Å². The van der Waals surface area contributed by atoms with Crippen LogP contribution in [0.25, 0.3) is 0 Å². The van der Waals surface area contributed by atoms with Crippen LogP contribution in [-0.2, 0) is 9.84 Å². The number of carbonyl (C=O) groups excluding carboxylic acids is 2. The van der Waals surface area contributed by atoms with Crippen molar-refractivity contribution in [3.05, 3.63) is 93.5 Å². The summed E-state index contributed by atoms with van der Waals surface area (Å²) in [7, 11) is -3.47. The third-order valence-corrected chi connectivity index (χ3v) is 5.79. The largest absolute Gasteiger partial charge is 0.321 e. The fourth-order valence-electron chi connectivity index (χ4n) is 2.67. The van der Waals surface area contributed by atoms with Gasteiger partial charge in [-0.05, 0) is 48.5 Å². The first kappa shape index (κ1) is 21.0. The Hall–Kier alpha value is -2.67. The molecule has 0 fully saturated rings. The van der Waals surface area contributed by atoms with Crippen LogP contribution in [0.1, 0.15) is 26.3 Å². The summed E-state index contributed by atoms with van der Waals surface area (Å²) in [4.78, 5) is 25.7. The van der Waals surface area contributed by atoms with Crippen molar-refractivity contribution in [1.82, 2.24) is 0 Å². The average molecular weight is 448 g/mol. The van der Waals surface area contributed by atoms with E-state index in [-0.39, 0.29) is 32.3 Å². The molecule has 0 spiro atoms. The quantitative estimate of drug-likeness (QED) is 0.565. The van der Waals surface area contributed by atoms with E-state index in [1.807, 2.05) is 0 Å². The molecule has 0 atom stereocenters. The summed E-state index contributed by atoms with van der Waals surface area (Å²) < 4.78 is 23.5. The third-order valence-electron chi connectivity index (χ3n) is 4.12. The summed E-state index contributed by atoms with van der Waals surface area (Å²) in [5.41, 5.74) is 0.803. The highest BCUT2D eigenvalue weighted by Gasteiger charge is 2.19. The lowest BCUT2D eigenvalue weighted by Crippen LogP contribution is -2.16. The predicted molar refractivity (Wildman–Crippen MR) is 114 cm³/mol. The number of ketones is 1. The van der Waals surface area contributed by atoms with Gasteiger partial charge >= 0.3 is 0 Å². The molecule has 3 aromatic carbocycles. The maximum absolute atomic E-state index is 13.0. The van der Waals surface area contributed by atoms with Gasteiger partial charge in [0.05, 0.1) is 15.6 Å². The number of anilines is 1. The maximum Gasteiger partial charge on any atom is 0.255 e. The molecule has 0 saturated heterocycles. The topological polar surface area (TPSA) is 80.3 Å². The minimum absolute atomic E-state index is 0.0219. The number of amides is 1. The van der Waals surface area contributed by atoms with E-state index in [1.165, 1.54) is 42.5 Å². The second-order valence-electron chi connectivity index (χ2n) is 6.25. The van der Waals surface area contributed by atoms with Gasteiger partial charge in [0.25, 0.3) is 5.91 Å². The fourth-order valence-corrected chi connectivity index (χ4v) is 3.73. The van der Waals surface area contributed by atoms with Crippen molar-refractivity contribution in [3.63, 3.8) is 0 Å². The normalized spacial score (nSPS) is 11.1. The molecule has 0 aliphatic carbocycles. The lowest BCUT2D eigenvalue weighted by atomic mass is 10.0. The van der Waals surface area contributed by atoms with E-state index in [0.717, 1.165) is 6.26 Å². The van der Waals surface area contributed by atoms with Crippen LogP contribution in [0, 0.1) is 0 Å². The molecule has 0 unspecified atom stereocenters. The van der Waals surface area contributed by atoms with Gasteiger partial charge in [-0.15, -0.1) is 0 Å². The fraction of sp³-hybridized carbons (Fsp3) is 0.0476. The summed E-state index contributed by atoms with van der Waals surface area (Å²) in [5, 5.41) is 3.24. The number of nitrogens with one attached hydrogen (secondary N) is 1. The molecule has 0 bridgehead atoms. The molecule has 0 aromatic heterocycles. The molecule has 5 nitrogen and oxygen atoms in total. The third kappa shape index (κ3) is 4.85. The van der Waals surface area contributed by atoms with Crippen molar-refractivity contribution in [2.24, 2.45) is 0 Å². The van der Waals surface area contributed by atoms with Gasteiger partial charge in [0.1, 0.15) is 0 Å². The Labute approximate surface area is 178 Å². The second kappa shape index (κ2) is 8.37. The van der Waals surface area contributed by atoms with Crippen molar-refractivity contribution >= 4 is 50.4 Å². The molecule has 8 heteroatoms. The van der Waals surface area contributed by atoms with E-state index in [2.05, 4.69) is 5.32 Å². The number of benzene rings is 3. The lowest BCUT2D eigenvalue weighted by molar-refractivity contribution is 0.102. The Kier molecular flexibility index (Phi) is 6.07. The predicted octanol–water partition coefficient (Wildman–Crippen LogP) is 4.88. The Morgan fingerprint density at radius 3 is 2.28 bits per heavy atom. The smallest absolute Gasteiger partial charge is 0.255 e. The van der Waals surface area contributed by atoms with Gasteiger partial charge in [-0.2, -0.15) is 0 Å². The van der Waals surface area contributed by atoms with Gasteiger partial charge in [-0.25, -0.2) is 8.42 Å². The van der Waals surface area contributed by atoms with Crippen LogP contribution in [-0.4, -0.2) is 26.4 Å². The van der Waals surface area contributed by atoms with Crippen LogP contribution in [0.3, 0.4) is 0 Å². The number of sulfone groups is 1. The molecule has 0 aliphatic heterocycles. The first-order valence-electron chi connectivity index (χ1n) is 8.37. The Balaban J connectivity index is 1.98. The van der Waals surface area contributed by atoms with Crippen molar-refractivity contribution in [2.75, 3.05) is 11.6 Å². The van der Waals surface area contributed by atoms with E-state index in [1.54, 1.807) is 24.3 Å². The molecule has 1 amide bonds. The summed E-state index contributed by atoms with van der Waals surface area (Å²) in [6, 6.07) is 16.7. The Morgan fingerprint density at radius 2 is 1.59 bits per heavy atom. The van der Waals surface area contributed by atoms with Gasteiger partial charge < -0.3 is 5.32 Å². The lowest BCUT2D eigenvalue weighted by Gasteiger charge is -2.12. The van der Waals surface area contributed by atoms with Crippen molar-refractivity contribution in [2.45, 2.75) is 4.90 Å². The monoisotopic (exact) mass is 447 g/mol. The SMILES string of the molecule is CS(=O)(=O)c1cccc(C(=O)Nc2ccc(Cl)cc2C(=O)c2ccccc2Cl)c1. The molecule has 0 radical (unpaired) electrons. The standard InChI is InChI=1S/C21H15Cl2NO4S/c1-29(27,28)15-6-4-5-13(11-15)21(26)24-19-10-9-14(22)12-17(19)20(25)16-7-2-3-8-18(16)23/h2-12H,1H3,(H,24,26). The number of hydrogen-bond donors (Lipinski definition) is 1. The molecule has 1 N–H and O–H groups in total. The minimum Gasteiger partial charge on any atom is -0.321 e. The highest BCUT2D eigenvalue weighted by molar-refractivity contribution is 7.90. The second-order valence-corrected chi connectivity index (χ2v) is 9.11. The molecule has 148 valence electrons. The van der Waals surface area contributed by atoms with Crippen LogP contribution in [0.15, 0.2) is 71.6 Å². The minimum atomic E-state index is -3.47. The molecular weight excluding hydrogens is 433 g/mol. The zero-order valence-corrected chi connectivity index (χ0v) is 17.5. The maximum atomic E-state index is 13.0. The van der Waals surface area contributed by atoms with E-state index in [4.69, 9.17) is 23.2 Å². The molecule has 3 aromatic rings. The first-order valence-corrected chi connectivity index (χ1v) is 11.0. The van der Waals surface area contributed by atoms with Crippen molar-refractivity contribution in [1.29, 1.82) is 0 Å². The van der Waals surface area contributed by atoms with E-state index in [9.17, 15) is 18.0 Å². The van der Waals surface area contributed by atoms with Gasteiger partial charge in [0.2, 0.25) is 0 Å². The van der Waals surface area contributed by atoms with E-state index < -0.39 is 21.5 Å². The number of halogens is 2. The highest BCUT2D eigenvalue weighted by atomic mass is 35.5. The van der Waals surface area contributed by atoms with Crippen molar-refractivity contribution < 1.29 is 18.0 Å². The van der Waals surface area contributed by atoms with Crippen LogP contribution in [0.2, 0.25) is 10.0 Å². The van der Waals surface area contributed by atoms with Crippen LogP contribution in [0.4, 0.5) is 5.69 Å². The molecule has 0 heterocycles. The summed E-state index contributed by atoms with van der Waals surface area (Å²) in [5.74, 6) is -0.968. The zero-order chi connectivity index (χ0) is 21.2. The average Bonchev–Trinajstić information content (AvgIpc) is 2.68. The summed E-state index contributed by atoms with van der Waals surface area (Å²) in [6.45, 7) is 0. The molecule has 0 saturated carbocycles. The summed E-state index contributed by atoms with van der Waals surface area (Å²) in [6.07, 6.45) is 1.06. The van der Waals surface area contributed by atoms with E-state index >= 15 is 0 Å². The number of rotatable bonds is 5. The Morgan fingerprint density at radius 1 is 0.862 bits per heavy atom. The van der Waals surface area contributed by atoms with Gasteiger partial charge in [0.15, 0.2) is 15.6 Å². The number of hydrogen-bond acceptors (Lipinski definition) is 4. The number of carbonyl (C=O) groups is 2. The molecular formula is C21H15Cl2NO4S. The summed E-state index contributed by atoms with van der Waals surface area (Å²) >= 11 is 12.2. The highest BCUT2D eigenvalue weighted by Crippen LogP contribution is 2.27.